The molecule has 1 aromatic rings. The van der Waals surface area contributed by atoms with Gasteiger partial charge in [-0.25, -0.2) is 0 Å². The Bertz CT molecular complexity index is 462. The zero-order valence-corrected chi connectivity index (χ0v) is 11.4. The Morgan fingerprint density at radius 1 is 1.40 bits per heavy atom. The van der Waals surface area contributed by atoms with Crippen LogP contribution in [0.2, 0.25) is 0 Å². The molecular formula is C14H19F3N2O. The summed E-state index contributed by atoms with van der Waals surface area (Å²) in [6, 6.07) is 4.32. The van der Waals surface area contributed by atoms with Gasteiger partial charge in [-0.15, -0.1) is 0 Å². The second-order valence-corrected chi connectivity index (χ2v) is 4.88. The molecule has 1 aliphatic heterocycles. The van der Waals surface area contributed by atoms with Gasteiger partial charge in [0, 0.05) is 18.8 Å². The van der Waals surface area contributed by atoms with Gasteiger partial charge in [0.1, 0.15) is 0 Å². The fourth-order valence-electron chi connectivity index (χ4n) is 2.50. The van der Waals surface area contributed by atoms with Crippen LogP contribution >= 0.6 is 0 Å². The van der Waals surface area contributed by atoms with Crippen LogP contribution in [0.3, 0.4) is 0 Å². The summed E-state index contributed by atoms with van der Waals surface area (Å²) >= 11 is 0. The number of ether oxygens (including phenoxy) is 1. The monoisotopic (exact) mass is 288 g/mol. The number of anilines is 1. The van der Waals surface area contributed by atoms with Gasteiger partial charge in [-0.1, -0.05) is 13.0 Å². The Labute approximate surface area is 116 Å². The Balaban J connectivity index is 2.44. The first kappa shape index (κ1) is 15.1. The van der Waals surface area contributed by atoms with E-state index in [9.17, 15) is 13.2 Å². The number of benzene rings is 1. The number of halogens is 3. The first-order valence-corrected chi connectivity index (χ1v) is 6.72. The van der Waals surface area contributed by atoms with Crippen molar-refractivity contribution in [1.29, 1.82) is 0 Å². The summed E-state index contributed by atoms with van der Waals surface area (Å²) in [6.07, 6.45) is -3.63. The van der Waals surface area contributed by atoms with E-state index < -0.39 is 11.7 Å². The Morgan fingerprint density at radius 2 is 2.15 bits per heavy atom. The highest BCUT2D eigenvalue weighted by atomic mass is 19.4. The van der Waals surface area contributed by atoms with Crippen molar-refractivity contribution in [2.45, 2.75) is 32.1 Å². The van der Waals surface area contributed by atoms with Crippen molar-refractivity contribution >= 4 is 5.69 Å². The molecule has 0 spiro atoms. The van der Waals surface area contributed by atoms with Crippen molar-refractivity contribution in [2.24, 2.45) is 5.73 Å². The first-order valence-electron chi connectivity index (χ1n) is 6.72. The van der Waals surface area contributed by atoms with Crippen LogP contribution in [-0.4, -0.2) is 25.8 Å². The van der Waals surface area contributed by atoms with E-state index in [4.69, 9.17) is 10.5 Å². The predicted molar refractivity (Wildman–Crippen MR) is 71.6 cm³/mol. The lowest BCUT2D eigenvalue weighted by atomic mass is 10.0. The number of rotatable bonds is 3. The SMILES string of the molecule is CCC1COCCN1c1ccc(CN)cc1C(F)(F)F. The van der Waals surface area contributed by atoms with E-state index in [1.165, 1.54) is 6.07 Å². The molecular weight excluding hydrogens is 269 g/mol. The largest absolute Gasteiger partial charge is 0.418 e. The molecule has 1 heterocycles. The van der Waals surface area contributed by atoms with Gasteiger partial charge in [-0.3, -0.25) is 0 Å². The summed E-state index contributed by atoms with van der Waals surface area (Å²) in [7, 11) is 0. The van der Waals surface area contributed by atoms with Crippen molar-refractivity contribution in [2.75, 3.05) is 24.7 Å². The molecule has 0 bridgehead atoms. The van der Waals surface area contributed by atoms with Crippen LogP contribution in [0.5, 0.6) is 0 Å². The highest BCUT2D eigenvalue weighted by molar-refractivity contribution is 5.57. The van der Waals surface area contributed by atoms with E-state index in [0.29, 0.717) is 25.3 Å². The van der Waals surface area contributed by atoms with Crippen LogP contribution in [-0.2, 0) is 17.5 Å². The highest BCUT2D eigenvalue weighted by Gasteiger charge is 2.36. The second kappa shape index (κ2) is 6.01. The molecule has 0 aromatic heterocycles. The van der Waals surface area contributed by atoms with Gasteiger partial charge in [0.25, 0.3) is 0 Å². The summed E-state index contributed by atoms with van der Waals surface area (Å²) < 4.78 is 45.1. The van der Waals surface area contributed by atoms with E-state index in [1.54, 1.807) is 11.0 Å². The van der Waals surface area contributed by atoms with E-state index in [0.717, 1.165) is 12.5 Å². The number of hydrogen-bond donors (Lipinski definition) is 1. The molecule has 1 fully saturated rings. The number of morpholine rings is 1. The van der Waals surface area contributed by atoms with Crippen LogP contribution in [0.15, 0.2) is 18.2 Å². The minimum absolute atomic E-state index is 0.0198. The molecule has 0 saturated carbocycles. The lowest BCUT2D eigenvalue weighted by Gasteiger charge is -2.38. The van der Waals surface area contributed by atoms with Gasteiger partial charge in [0.2, 0.25) is 0 Å². The first-order chi connectivity index (χ1) is 9.47. The smallest absolute Gasteiger partial charge is 0.377 e. The summed E-state index contributed by atoms with van der Waals surface area (Å²) in [6.45, 7) is 3.44. The van der Waals surface area contributed by atoms with Crippen LogP contribution in [0.4, 0.5) is 18.9 Å². The summed E-state index contributed by atoms with van der Waals surface area (Å²) in [5.41, 5.74) is 5.55. The van der Waals surface area contributed by atoms with E-state index >= 15 is 0 Å². The third-order valence-corrected chi connectivity index (χ3v) is 3.61. The van der Waals surface area contributed by atoms with Gasteiger partial charge < -0.3 is 15.4 Å². The quantitative estimate of drug-likeness (QED) is 0.929. The topological polar surface area (TPSA) is 38.5 Å². The lowest BCUT2D eigenvalue weighted by molar-refractivity contribution is -0.137. The van der Waals surface area contributed by atoms with Crippen LogP contribution in [0.25, 0.3) is 0 Å². The molecule has 0 amide bonds. The lowest BCUT2D eigenvalue weighted by Crippen LogP contribution is -2.46. The van der Waals surface area contributed by atoms with E-state index in [-0.39, 0.29) is 18.3 Å². The molecule has 1 unspecified atom stereocenters. The minimum Gasteiger partial charge on any atom is -0.377 e. The molecule has 6 heteroatoms. The molecule has 2 rings (SSSR count). The third-order valence-electron chi connectivity index (χ3n) is 3.61. The fourth-order valence-corrected chi connectivity index (χ4v) is 2.50. The molecule has 0 aliphatic carbocycles. The van der Waals surface area contributed by atoms with Crippen LogP contribution < -0.4 is 10.6 Å². The third kappa shape index (κ3) is 3.07. The zero-order chi connectivity index (χ0) is 14.8. The van der Waals surface area contributed by atoms with Crippen molar-refractivity contribution < 1.29 is 17.9 Å². The molecule has 1 saturated heterocycles. The van der Waals surface area contributed by atoms with Gasteiger partial charge in [-0.2, -0.15) is 13.2 Å². The summed E-state index contributed by atoms with van der Waals surface area (Å²) in [5.74, 6) is 0. The normalized spacial score (nSPS) is 20.2. The minimum atomic E-state index is -4.38. The van der Waals surface area contributed by atoms with Crippen molar-refractivity contribution in [3.05, 3.63) is 29.3 Å². The van der Waals surface area contributed by atoms with Crippen molar-refractivity contribution in [1.82, 2.24) is 0 Å². The van der Waals surface area contributed by atoms with Crippen molar-refractivity contribution in [3.8, 4) is 0 Å². The average molecular weight is 288 g/mol. The van der Waals surface area contributed by atoms with Crippen LogP contribution in [0.1, 0.15) is 24.5 Å². The molecule has 2 N–H and O–H groups in total. The Hall–Kier alpha value is -1.27. The average Bonchev–Trinajstić information content (AvgIpc) is 2.45. The Morgan fingerprint density at radius 3 is 2.75 bits per heavy atom. The van der Waals surface area contributed by atoms with Crippen LogP contribution in [0, 0.1) is 0 Å². The maximum absolute atomic E-state index is 13.3. The molecule has 1 aromatic carbocycles. The predicted octanol–water partition coefficient (Wildman–Crippen LogP) is 2.78. The number of nitrogens with two attached hydrogens (primary N) is 1. The van der Waals surface area contributed by atoms with Gasteiger partial charge in [0.15, 0.2) is 0 Å². The molecule has 1 atom stereocenters. The summed E-state index contributed by atoms with van der Waals surface area (Å²) in [4.78, 5) is 1.80. The van der Waals surface area contributed by atoms with Gasteiger partial charge >= 0.3 is 6.18 Å². The highest BCUT2D eigenvalue weighted by Crippen LogP contribution is 2.38. The molecule has 1 aliphatic rings. The molecule has 20 heavy (non-hydrogen) atoms. The maximum Gasteiger partial charge on any atom is 0.418 e. The van der Waals surface area contributed by atoms with Gasteiger partial charge in [-0.05, 0) is 24.1 Å². The molecule has 3 nitrogen and oxygen atoms in total. The number of alkyl halides is 3. The number of nitrogens with zero attached hydrogens (tertiary/aromatic N) is 1. The summed E-state index contributed by atoms with van der Waals surface area (Å²) in [5, 5.41) is 0. The fraction of sp³-hybridized carbons (Fsp3) is 0.571. The number of hydrogen-bond acceptors (Lipinski definition) is 3. The second-order valence-electron chi connectivity index (χ2n) is 4.88. The van der Waals surface area contributed by atoms with Gasteiger partial charge in [0.05, 0.1) is 24.8 Å². The standard InChI is InChI=1S/C14H19F3N2O/c1-2-11-9-20-6-5-19(11)13-4-3-10(8-18)7-12(13)14(15,16)17/h3-4,7,11H,2,5-6,8-9,18H2,1H3. The van der Waals surface area contributed by atoms with E-state index in [1.807, 2.05) is 6.92 Å². The zero-order valence-electron chi connectivity index (χ0n) is 11.4. The Kier molecular flexibility index (Phi) is 4.55. The maximum atomic E-state index is 13.3. The van der Waals surface area contributed by atoms with E-state index in [2.05, 4.69) is 0 Å². The molecule has 112 valence electrons. The van der Waals surface area contributed by atoms with Crippen molar-refractivity contribution in [3.63, 3.8) is 0 Å². The molecule has 0 radical (unpaired) electrons.